The van der Waals surface area contributed by atoms with Crippen LogP contribution in [0.25, 0.3) is 0 Å². The van der Waals surface area contributed by atoms with E-state index < -0.39 is 17.0 Å². The molecule has 0 saturated carbocycles. The summed E-state index contributed by atoms with van der Waals surface area (Å²) in [6.45, 7) is 0. The lowest BCUT2D eigenvalue weighted by molar-refractivity contribution is 0.0764. The molecule has 1 rings (SSSR count). The molecule has 0 amide bonds. The van der Waals surface area contributed by atoms with E-state index in [1.54, 1.807) is 17.5 Å². The van der Waals surface area contributed by atoms with Crippen LogP contribution in [0.1, 0.15) is 9.67 Å². The molecule has 1 heterocycles. The van der Waals surface area contributed by atoms with Crippen LogP contribution in [0, 0.1) is 0 Å². The topological polar surface area (TPSA) is 43.4 Å². The summed E-state index contributed by atoms with van der Waals surface area (Å²) in [6, 6.07) is 3.36. The third-order valence-electron chi connectivity index (χ3n) is 0.915. The molecular weight excluding hydrogens is 184 g/mol. The van der Waals surface area contributed by atoms with Gasteiger partial charge in [-0.25, -0.2) is 9.00 Å². The highest BCUT2D eigenvalue weighted by Gasteiger charge is 2.08. The fraction of sp³-hybridized carbons (Fsp3) is 0.167. The van der Waals surface area contributed by atoms with E-state index in [1.165, 1.54) is 17.6 Å². The van der Waals surface area contributed by atoms with Crippen LogP contribution in [0.15, 0.2) is 17.5 Å². The molecule has 3 nitrogen and oxygen atoms in total. The molecule has 11 heavy (non-hydrogen) atoms. The molecule has 0 spiro atoms. The molecule has 0 aliphatic rings. The van der Waals surface area contributed by atoms with Crippen molar-refractivity contribution in [2.45, 2.75) is 0 Å². The average Bonchev–Trinajstić information content (AvgIpc) is 2.35. The fourth-order valence-corrected chi connectivity index (χ4v) is 1.50. The molecule has 1 unspecified atom stereocenters. The van der Waals surface area contributed by atoms with Crippen molar-refractivity contribution < 1.29 is 13.2 Å². The Morgan fingerprint density at radius 1 is 1.73 bits per heavy atom. The van der Waals surface area contributed by atoms with Crippen LogP contribution in [0.5, 0.6) is 0 Å². The molecule has 0 aliphatic carbocycles. The molecular formula is C6H6O3S2. The van der Waals surface area contributed by atoms with Gasteiger partial charge < -0.3 is 4.18 Å². The number of carbonyl (C=O) groups excluding carboxylic acids is 1. The molecule has 1 aromatic heterocycles. The quantitative estimate of drug-likeness (QED) is 0.703. The minimum absolute atomic E-state index is 0.472. The molecule has 0 radical (unpaired) electrons. The maximum atomic E-state index is 10.9. The molecule has 60 valence electrons. The SMILES string of the molecule is CS(=O)OC(=O)c1cccs1. The summed E-state index contributed by atoms with van der Waals surface area (Å²) in [7, 11) is 0. The second-order valence-corrected chi connectivity index (χ2v) is 3.67. The summed E-state index contributed by atoms with van der Waals surface area (Å²) < 4.78 is 14.9. The van der Waals surface area contributed by atoms with Crippen molar-refractivity contribution >= 4 is 28.4 Å². The van der Waals surface area contributed by atoms with Gasteiger partial charge in [0.1, 0.15) is 4.88 Å². The Labute approximate surface area is 70.7 Å². The molecule has 0 N–H and O–H groups in total. The van der Waals surface area contributed by atoms with Crippen LogP contribution in [-0.4, -0.2) is 16.4 Å². The first-order chi connectivity index (χ1) is 5.20. The Morgan fingerprint density at radius 3 is 2.91 bits per heavy atom. The van der Waals surface area contributed by atoms with Crippen LogP contribution in [0.4, 0.5) is 0 Å². The van der Waals surface area contributed by atoms with E-state index >= 15 is 0 Å². The lowest BCUT2D eigenvalue weighted by Crippen LogP contribution is -2.04. The van der Waals surface area contributed by atoms with Gasteiger partial charge in [0, 0.05) is 6.26 Å². The molecule has 0 bridgehead atoms. The van der Waals surface area contributed by atoms with Crippen molar-refractivity contribution in [3.05, 3.63) is 22.4 Å². The van der Waals surface area contributed by atoms with Crippen molar-refractivity contribution in [2.75, 3.05) is 6.26 Å². The van der Waals surface area contributed by atoms with Crippen molar-refractivity contribution in [3.8, 4) is 0 Å². The van der Waals surface area contributed by atoms with Gasteiger partial charge in [0.25, 0.3) is 0 Å². The zero-order valence-corrected chi connectivity index (χ0v) is 7.41. The van der Waals surface area contributed by atoms with E-state index in [0.717, 1.165) is 0 Å². The highest BCUT2D eigenvalue weighted by Crippen LogP contribution is 2.09. The summed E-state index contributed by atoms with van der Waals surface area (Å²) in [4.78, 5) is 11.4. The average molecular weight is 190 g/mol. The summed E-state index contributed by atoms with van der Waals surface area (Å²) in [5.41, 5.74) is 0. The minimum Gasteiger partial charge on any atom is -0.360 e. The second-order valence-electron chi connectivity index (χ2n) is 1.75. The van der Waals surface area contributed by atoms with Gasteiger partial charge >= 0.3 is 5.97 Å². The van der Waals surface area contributed by atoms with Crippen LogP contribution in [-0.2, 0) is 15.3 Å². The lowest BCUT2D eigenvalue weighted by atomic mass is 10.5. The third-order valence-corrected chi connectivity index (χ3v) is 2.15. The van der Waals surface area contributed by atoms with E-state index in [2.05, 4.69) is 4.18 Å². The van der Waals surface area contributed by atoms with Crippen LogP contribution >= 0.6 is 11.3 Å². The van der Waals surface area contributed by atoms with Crippen LogP contribution < -0.4 is 0 Å². The smallest absolute Gasteiger partial charge is 0.360 e. The largest absolute Gasteiger partial charge is 0.362 e. The predicted octanol–water partition coefficient (Wildman–Crippen LogP) is 1.20. The number of thiophene rings is 1. The van der Waals surface area contributed by atoms with E-state index in [-0.39, 0.29) is 0 Å². The number of hydrogen-bond donors (Lipinski definition) is 0. The maximum absolute atomic E-state index is 10.9. The Kier molecular flexibility index (Phi) is 2.78. The van der Waals surface area contributed by atoms with Gasteiger partial charge in [-0.2, -0.15) is 0 Å². The van der Waals surface area contributed by atoms with Crippen molar-refractivity contribution in [1.29, 1.82) is 0 Å². The van der Waals surface area contributed by atoms with Gasteiger partial charge in [0.2, 0.25) is 11.1 Å². The van der Waals surface area contributed by atoms with Crippen LogP contribution in [0.3, 0.4) is 0 Å². The highest BCUT2D eigenvalue weighted by atomic mass is 32.2. The molecule has 0 aromatic carbocycles. The molecule has 0 fully saturated rings. The summed E-state index contributed by atoms with van der Waals surface area (Å²) >= 11 is -0.259. The zero-order chi connectivity index (χ0) is 8.27. The van der Waals surface area contributed by atoms with Gasteiger partial charge in [-0.05, 0) is 11.4 Å². The van der Waals surface area contributed by atoms with Crippen LogP contribution in [0.2, 0.25) is 0 Å². The minimum atomic E-state index is -1.52. The summed E-state index contributed by atoms with van der Waals surface area (Å²) in [6.07, 6.45) is 1.31. The number of carbonyl (C=O) groups is 1. The Morgan fingerprint density at radius 2 is 2.45 bits per heavy atom. The normalized spacial score (nSPS) is 12.5. The van der Waals surface area contributed by atoms with E-state index in [1.807, 2.05) is 0 Å². The predicted molar refractivity (Wildman–Crippen MR) is 43.8 cm³/mol. The van der Waals surface area contributed by atoms with Gasteiger partial charge in [0.05, 0.1) is 0 Å². The molecule has 0 saturated heterocycles. The van der Waals surface area contributed by atoms with Crippen molar-refractivity contribution in [2.24, 2.45) is 0 Å². The molecule has 1 atom stereocenters. The number of hydrogen-bond acceptors (Lipinski definition) is 4. The monoisotopic (exact) mass is 190 g/mol. The standard InChI is InChI=1S/C6H6O3S2/c1-11(8)9-6(7)5-3-2-4-10-5/h2-4H,1H3. The highest BCUT2D eigenvalue weighted by molar-refractivity contribution is 7.79. The first kappa shape index (κ1) is 8.42. The lowest BCUT2D eigenvalue weighted by Gasteiger charge is -1.94. The second kappa shape index (κ2) is 3.64. The van der Waals surface area contributed by atoms with E-state index in [4.69, 9.17) is 0 Å². The van der Waals surface area contributed by atoms with Crippen molar-refractivity contribution in [1.82, 2.24) is 0 Å². The first-order valence-electron chi connectivity index (χ1n) is 2.79. The van der Waals surface area contributed by atoms with Gasteiger partial charge in [0.15, 0.2) is 0 Å². The van der Waals surface area contributed by atoms with E-state index in [9.17, 15) is 9.00 Å². The van der Waals surface area contributed by atoms with Gasteiger partial charge in [-0.1, -0.05) is 6.07 Å². The number of rotatable bonds is 2. The van der Waals surface area contributed by atoms with Gasteiger partial charge in [-0.15, -0.1) is 11.3 Å². The Balaban J connectivity index is 2.64. The Hall–Kier alpha value is -0.680. The van der Waals surface area contributed by atoms with Crippen molar-refractivity contribution in [3.63, 3.8) is 0 Å². The molecule has 5 heteroatoms. The van der Waals surface area contributed by atoms with Gasteiger partial charge in [-0.3, -0.25) is 0 Å². The molecule has 0 aliphatic heterocycles. The third kappa shape index (κ3) is 2.44. The summed E-state index contributed by atoms with van der Waals surface area (Å²) in [5, 5.41) is 1.76. The first-order valence-corrected chi connectivity index (χ1v) is 5.16. The Bertz CT molecular complexity index is 265. The zero-order valence-electron chi connectivity index (χ0n) is 5.77. The maximum Gasteiger partial charge on any atom is 0.362 e. The summed E-state index contributed by atoms with van der Waals surface area (Å²) in [5.74, 6) is -0.527. The molecule has 1 aromatic rings. The van der Waals surface area contributed by atoms with E-state index in [0.29, 0.717) is 4.88 Å². The fourth-order valence-electron chi connectivity index (χ4n) is 0.542.